The molecular weight excluding hydrogens is 242 g/mol. The minimum absolute atomic E-state index is 0.261. The summed E-state index contributed by atoms with van der Waals surface area (Å²) in [7, 11) is 0. The molecule has 1 saturated carbocycles. The van der Waals surface area contributed by atoms with E-state index in [9.17, 15) is 4.79 Å². The molecule has 1 aliphatic carbocycles. The summed E-state index contributed by atoms with van der Waals surface area (Å²) >= 11 is 0. The van der Waals surface area contributed by atoms with Gasteiger partial charge in [-0.1, -0.05) is 18.9 Å². The van der Waals surface area contributed by atoms with E-state index in [4.69, 9.17) is 9.52 Å². The number of hydrogen-bond acceptors (Lipinski definition) is 3. The zero-order valence-corrected chi connectivity index (χ0v) is 10.7. The Hall–Kier alpha value is -1.81. The van der Waals surface area contributed by atoms with Gasteiger partial charge in [0, 0.05) is 11.4 Å². The largest absolute Gasteiger partial charge is 0.478 e. The zero-order chi connectivity index (χ0) is 13.2. The van der Waals surface area contributed by atoms with E-state index in [-0.39, 0.29) is 5.56 Å². The summed E-state index contributed by atoms with van der Waals surface area (Å²) in [5.41, 5.74) is 0.903. The molecule has 0 atom stereocenters. The molecule has 4 heteroatoms. The van der Waals surface area contributed by atoms with Gasteiger partial charge in [-0.05, 0) is 31.0 Å². The number of carboxylic acid groups (broad SMARTS) is 1. The predicted molar refractivity (Wildman–Crippen MR) is 72.3 cm³/mol. The van der Waals surface area contributed by atoms with E-state index in [1.165, 1.54) is 25.7 Å². The van der Waals surface area contributed by atoms with Crippen molar-refractivity contribution in [2.24, 2.45) is 0 Å². The van der Waals surface area contributed by atoms with Crippen LogP contribution in [0.25, 0.3) is 11.0 Å². The number of rotatable bonds is 4. The lowest BCUT2D eigenvalue weighted by atomic mass is 10.2. The van der Waals surface area contributed by atoms with E-state index < -0.39 is 5.97 Å². The van der Waals surface area contributed by atoms with Crippen molar-refractivity contribution in [2.45, 2.75) is 38.3 Å². The number of carboxylic acids is 1. The van der Waals surface area contributed by atoms with Crippen LogP contribution in [0.5, 0.6) is 0 Å². The highest BCUT2D eigenvalue weighted by Crippen LogP contribution is 2.22. The van der Waals surface area contributed by atoms with Gasteiger partial charge in [0.25, 0.3) is 0 Å². The van der Waals surface area contributed by atoms with Crippen LogP contribution in [-0.4, -0.2) is 17.1 Å². The Morgan fingerprint density at radius 1 is 1.32 bits per heavy atom. The van der Waals surface area contributed by atoms with Crippen LogP contribution in [0.15, 0.2) is 28.7 Å². The Balaban J connectivity index is 1.75. The van der Waals surface area contributed by atoms with Gasteiger partial charge in [-0.2, -0.15) is 0 Å². The first-order chi connectivity index (χ1) is 9.22. The molecule has 3 rings (SSSR count). The first kappa shape index (κ1) is 12.2. The fourth-order valence-electron chi connectivity index (χ4n) is 2.68. The molecule has 0 bridgehead atoms. The molecule has 4 nitrogen and oxygen atoms in total. The van der Waals surface area contributed by atoms with Gasteiger partial charge in [0.15, 0.2) is 0 Å². The molecule has 1 aromatic carbocycles. The molecule has 100 valence electrons. The average molecular weight is 259 g/mol. The molecule has 0 aliphatic heterocycles. The van der Waals surface area contributed by atoms with E-state index in [1.807, 2.05) is 6.07 Å². The summed E-state index contributed by atoms with van der Waals surface area (Å²) in [6.07, 6.45) is 5.09. The van der Waals surface area contributed by atoms with Crippen LogP contribution >= 0.6 is 0 Å². The lowest BCUT2D eigenvalue weighted by Gasteiger charge is -2.09. The molecule has 1 fully saturated rings. The maximum absolute atomic E-state index is 10.9. The fraction of sp³-hybridized carbons (Fsp3) is 0.400. The third kappa shape index (κ3) is 2.63. The Kier molecular flexibility index (Phi) is 3.25. The molecule has 0 radical (unpaired) electrons. The quantitative estimate of drug-likeness (QED) is 0.885. The monoisotopic (exact) mass is 259 g/mol. The van der Waals surface area contributed by atoms with Gasteiger partial charge in [0.1, 0.15) is 11.3 Å². The van der Waals surface area contributed by atoms with E-state index in [0.29, 0.717) is 18.2 Å². The number of benzene rings is 1. The Labute approximate surface area is 111 Å². The molecular formula is C15H17NO3. The Bertz CT molecular complexity index is 596. The van der Waals surface area contributed by atoms with E-state index in [0.717, 1.165) is 11.1 Å². The van der Waals surface area contributed by atoms with Crippen LogP contribution in [-0.2, 0) is 6.54 Å². The fourth-order valence-corrected chi connectivity index (χ4v) is 2.68. The maximum atomic E-state index is 10.9. The highest BCUT2D eigenvalue weighted by Gasteiger charge is 2.15. The van der Waals surface area contributed by atoms with E-state index >= 15 is 0 Å². The lowest BCUT2D eigenvalue weighted by Crippen LogP contribution is -2.24. The molecule has 2 aromatic rings. The Morgan fingerprint density at radius 2 is 2.11 bits per heavy atom. The van der Waals surface area contributed by atoms with Crippen molar-refractivity contribution in [1.29, 1.82) is 0 Å². The van der Waals surface area contributed by atoms with Crippen LogP contribution in [0, 0.1) is 0 Å². The van der Waals surface area contributed by atoms with Crippen molar-refractivity contribution in [3.05, 3.63) is 35.6 Å². The summed E-state index contributed by atoms with van der Waals surface area (Å²) in [4.78, 5) is 10.9. The van der Waals surface area contributed by atoms with E-state index in [2.05, 4.69) is 5.32 Å². The average Bonchev–Trinajstić information content (AvgIpc) is 3.04. The summed E-state index contributed by atoms with van der Waals surface area (Å²) in [6.45, 7) is 0.710. The number of carbonyl (C=O) groups is 1. The number of aromatic carboxylic acids is 1. The summed E-state index contributed by atoms with van der Waals surface area (Å²) in [6, 6.07) is 7.55. The second-order valence-corrected chi connectivity index (χ2v) is 5.13. The summed E-state index contributed by atoms with van der Waals surface area (Å²) < 4.78 is 5.69. The first-order valence-electron chi connectivity index (χ1n) is 6.71. The molecule has 1 aromatic heterocycles. The predicted octanol–water partition coefficient (Wildman–Crippen LogP) is 3.16. The van der Waals surface area contributed by atoms with E-state index in [1.54, 1.807) is 18.2 Å². The number of nitrogens with one attached hydrogen (secondary N) is 1. The summed E-state index contributed by atoms with van der Waals surface area (Å²) in [5, 5.41) is 13.4. The van der Waals surface area contributed by atoms with Gasteiger partial charge < -0.3 is 14.8 Å². The minimum Gasteiger partial charge on any atom is -0.478 e. The standard InChI is InChI=1S/C15H17NO3/c17-15(18)11-6-5-10-7-13(19-14(10)8-11)9-16-12-3-1-2-4-12/h5-8,12,16H,1-4,9H2,(H,17,18). The van der Waals surface area contributed by atoms with Crippen molar-refractivity contribution in [2.75, 3.05) is 0 Å². The third-order valence-electron chi connectivity index (χ3n) is 3.74. The van der Waals surface area contributed by atoms with Gasteiger partial charge in [0.05, 0.1) is 12.1 Å². The first-order valence-corrected chi connectivity index (χ1v) is 6.71. The SMILES string of the molecule is O=C(O)c1ccc2cc(CNC3CCCC3)oc2c1. The number of furan rings is 1. The molecule has 0 unspecified atom stereocenters. The third-order valence-corrected chi connectivity index (χ3v) is 3.74. The van der Waals surface area contributed by atoms with Crippen molar-refractivity contribution in [3.8, 4) is 0 Å². The van der Waals surface area contributed by atoms with Crippen molar-refractivity contribution >= 4 is 16.9 Å². The van der Waals surface area contributed by atoms with Crippen LogP contribution in [0.4, 0.5) is 0 Å². The van der Waals surface area contributed by atoms with Gasteiger partial charge in [-0.25, -0.2) is 4.79 Å². The van der Waals surface area contributed by atoms with Crippen LogP contribution in [0.2, 0.25) is 0 Å². The van der Waals surface area contributed by atoms with Crippen LogP contribution in [0.3, 0.4) is 0 Å². The number of fused-ring (bicyclic) bond motifs is 1. The van der Waals surface area contributed by atoms with Crippen molar-refractivity contribution < 1.29 is 14.3 Å². The Morgan fingerprint density at radius 3 is 2.84 bits per heavy atom. The smallest absolute Gasteiger partial charge is 0.335 e. The molecule has 2 N–H and O–H groups in total. The van der Waals surface area contributed by atoms with Gasteiger partial charge in [-0.15, -0.1) is 0 Å². The molecule has 1 heterocycles. The van der Waals surface area contributed by atoms with Crippen LogP contribution in [0.1, 0.15) is 41.8 Å². The van der Waals surface area contributed by atoms with Gasteiger partial charge in [0.2, 0.25) is 0 Å². The molecule has 1 aliphatic rings. The molecule has 0 spiro atoms. The zero-order valence-electron chi connectivity index (χ0n) is 10.7. The van der Waals surface area contributed by atoms with Crippen molar-refractivity contribution in [3.63, 3.8) is 0 Å². The summed E-state index contributed by atoms with van der Waals surface area (Å²) in [5.74, 6) is -0.0617. The van der Waals surface area contributed by atoms with Gasteiger partial charge >= 0.3 is 5.97 Å². The lowest BCUT2D eigenvalue weighted by molar-refractivity contribution is 0.0697. The minimum atomic E-state index is -0.927. The normalized spacial score (nSPS) is 16.2. The van der Waals surface area contributed by atoms with Crippen LogP contribution < -0.4 is 5.32 Å². The number of hydrogen-bond donors (Lipinski definition) is 2. The highest BCUT2D eigenvalue weighted by atomic mass is 16.4. The molecule has 0 amide bonds. The molecule has 19 heavy (non-hydrogen) atoms. The second kappa shape index (κ2) is 5.05. The maximum Gasteiger partial charge on any atom is 0.335 e. The molecule has 0 saturated heterocycles. The van der Waals surface area contributed by atoms with Crippen molar-refractivity contribution in [1.82, 2.24) is 5.32 Å². The topological polar surface area (TPSA) is 62.5 Å². The van der Waals surface area contributed by atoms with Gasteiger partial charge in [-0.3, -0.25) is 0 Å². The second-order valence-electron chi connectivity index (χ2n) is 5.13. The highest BCUT2D eigenvalue weighted by molar-refractivity contribution is 5.92.